The SMILES string of the molecule is CS(=O)(=O)Nc1cc(CC(O)CNC(Cc2ccccc2)c2cc(Cl)c(O)c(Cl)c2)ccc1O. The number of hydrogen-bond acceptors (Lipinski definition) is 6. The number of phenols is 2. The van der Waals surface area contributed by atoms with Gasteiger partial charge in [0.1, 0.15) is 5.75 Å². The van der Waals surface area contributed by atoms with Crippen molar-refractivity contribution in [2.75, 3.05) is 17.5 Å². The van der Waals surface area contributed by atoms with E-state index in [1.54, 1.807) is 18.2 Å². The Morgan fingerprint density at radius 3 is 2.18 bits per heavy atom. The van der Waals surface area contributed by atoms with Gasteiger partial charge in [-0.3, -0.25) is 4.72 Å². The number of phenolic OH excluding ortho intramolecular Hbond substituents is 2. The van der Waals surface area contributed by atoms with Crippen LogP contribution in [-0.4, -0.2) is 42.6 Å². The zero-order valence-corrected chi connectivity index (χ0v) is 20.7. The second-order valence-corrected chi connectivity index (χ2v) is 10.6. The summed E-state index contributed by atoms with van der Waals surface area (Å²) in [5, 5.41) is 34.1. The molecular formula is C24H26Cl2N2O5S. The van der Waals surface area contributed by atoms with Gasteiger partial charge in [-0.1, -0.05) is 59.6 Å². The summed E-state index contributed by atoms with van der Waals surface area (Å²) in [5.74, 6) is -0.387. The van der Waals surface area contributed by atoms with Gasteiger partial charge in [0, 0.05) is 12.6 Å². The Labute approximate surface area is 209 Å². The number of rotatable bonds is 10. The van der Waals surface area contributed by atoms with Crippen molar-refractivity contribution in [1.29, 1.82) is 0 Å². The fourth-order valence-electron chi connectivity index (χ4n) is 3.56. The molecule has 0 aliphatic heterocycles. The molecule has 0 radical (unpaired) electrons. The highest BCUT2D eigenvalue weighted by Crippen LogP contribution is 2.35. The van der Waals surface area contributed by atoms with Crippen molar-refractivity contribution in [2.45, 2.75) is 25.0 Å². The molecular weight excluding hydrogens is 499 g/mol. The maximum absolute atomic E-state index is 11.5. The maximum Gasteiger partial charge on any atom is 0.229 e. The summed E-state index contributed by atoms with van der Waals surface area (Å²) in [6, 6.07) is 17.3. The standard InChI is InChI=1S/C24H26Cl2N2O5S/c1-34(32,33)28-22-11-16(7-8-23(22)30)9-18(29)14-27-21(10-15-5-3-2-4-6-15)17-12-19(25)24(31)20(26)13-17/h2-8,11-13,18,21,27-31H,9-10,14H2,1H3. The molecule has 34 heavy (non-hydrogen) atoms. The molecule has 0 aromatic heterocycles. The fraction of sp³-hybridized carbons (Fsp3) is 0.250. The van der Waals surface area contributed by atoms with Crippen molar-refractivity contribution in [3.8, 4) is 11.5 Å². The second kappa shape index (κ2) is 11.3. The summed E-state index contributed by atoms with van der Waals surface area (Å²) in [6.07, 6.45) is 0.997. The summed E-state index contributed by atoms with van der Waals surface area (Å²) in [4.78, 5) is 0. The van der Waals surface area contributed by atoms with Gasteiger partial charge < -0.3 is 20.6 Å². The highest BCUT2D eigenvalue weighted by atomic mass is 35.5. The van der Waals surface area contributed by atoms with E-state index in [9.17, 15) is 23.7 Å². The number of halogens is 2. The van der Waals surface area contributed by atoms with Crippen LogP contribution in [0.15, 0.2) is 60.7 Å². The van der Waals surface area contributed by atoms with Gasteiger partial charge in [0.15, 0.2) is 5.75 Å². The van der Waals surface area contributed by atoms with E-state index in [4.69, 9.17) is 23.2 Å². The van der Waals surface area contributed by atoms with Crippen molar-refractivity contribution >= 4 is 38.9 Å². The van der Waals surface area contributed by atoms with Crippen LogP contribution in [0.5, 0.6) is 11.5 Å². The van der Waals surface area contributed by atoms with Gasteiger partial charge >= 0.3 is 0 Å². The molecule has 2 atom stereocenters. The van der Waals surface area contributed by atoms with E-state index in [-0.39, 0.29) is 46.2 Å². The van der Waals surface area contributed by atoms with E-state index in [1.165, 1.54) is 12.1 Å². The number of benzene rings is 3. The highest BCUT2D eigenvalue weighted by Gasteiger charge is 2.18. The Kier molecular flexibility index (Phi) is 8.67. The molecule has 182 valence electrons. The van der Waals surface area contributed by atoms with Crippen molar-refractivity contribution in [3.05, 3.63) is 87.4 Å². The summed E-state index contributed by atoms with van der Waals surface area (Å²) < 4.78 is 25.3. The second-order valence-electron chi connectivity index (χ2n) is 8.07. The zero-order chi connectivity index (χ0) is 24.9. The molecule has 0 amide bonds. The predicted octanol–water partition coefficient (Wildman–Crippen LogP) is 4.25. The molecule has 0 bridgehead atoms. The lowest BCUT2D eigenvalue weighted by atomic mass is 9.98. The molecule has 0 fully saturated rings. The van der Waals surface area contributed by atoms with E-state index in [0.717, 1.165) is 17.4 Å². The van der Waals surface area contributed by atoms with Gasteiger partial charge in [0.2, 0.25) is 10.0 Å². The minimum Gasteiger partial charge on any atom is -0.506 e. The van der Waals surface area contributed by atoms with Crippen LogP contribution in [0.1, 0.15) is 22.7 Å². The van der Waals surface area contributed by atoms with Gasteiger partial charge in [-0.05, 0) is 53.8 Å². The molecule has 5 N–H and O–H groups in total. The average Bonchev–Trinajstić information content (AvgIpc) is 2.76. The number of aromatic hydroxyl groups is 2. The van der Waals surface area contributed by atoms with Crippen LogP contribution in [0, 0.1) is 0 Å². The zero-order valence-electron chi connectivity index (χ0n) is 18.4. The van der Waals surface area contributed by atoms with Crippen LogP contribution in [0.4, 0.5) is 5.69 Å². The van der Waals surface area contributed by atoms with E-state index in [2.05, 4.69) is 10.0 Å². The molecule has 3 aromatic carbocycles. The molecule has 10 heteroatoms. The largest absolute Gasteiger partial charge is 0.506 e. The Balaban J connectivity index is 1.74. The van der Waals surface area contributed by atoms with Gasteiger partial charge in [-0.25, -0.2) is 8.42 Å². The minimum atomic E-state index is -3.56. The summed E-state index contributed by atoms with van der Waals surface area (Å²) in [6.45, 7) is 0.212. The number of aliphatic hydroxyl groups excluding tert-OH is 1. The Hall–Kier alpha value is -2.49. The van der Waals surface area contributed by atoms with Gasteiger partial charge in [-0.15, -0.1) is 0 Å². The van der Waals surface area contributed by atoms with Crippen LogP contribution < -0.4 is 10.0 Å². The number of hydrogen-bond donors (Lipinski definition) is 5. The lowest BCUT2D eigenvalue weighted by Crippen LogP contribution is -2.32. The summed E-state index contributed by atoms with van der Waals surface area (Å²) >= 11 is 12.3. The van der Waals surface area contributed by atoms with Crippen LogP contribution in [0.2, 0.25) is 10.0 Å². The van der Waals surface area contributed by atoms with Gasteiger partial charge in [0.25, 0.3) is 0 Å². The van der Waals surface area contributed by atoms with E-state index < -0.39 is 16.1 Å². The van der Waals surface area contributed by atoms with Crippen molar-refractivity contribution in [1.82, 2.24) is 5.32 Å². The third-order valence-corrected chi connectivity index (χ3v) is 6.32. The smallest absolute Gasteiger partial charge is 0.229 e. The lowest BCUT2D eigenvalue weighted by molar-refractivity contribution is 0.167. The lowest BCUT2D eigenvalue weighted by Gasteiger charge is -2.22. The normalized spacial score (nSPS) is 13.4. The van der Waals surface area contributed by atoms with Gasteiger partial charge in [-0.2, -0.15) is 0 Å². The van der Waals surface area contributed by atoms with E-state index in [0.29, 0.717) is 12.0 Å². The third kappa shape index (κ3) is 7.51. The van der Waals surface area contributed by atoms with Crippen molar-refractivity contribution < 1.29 is 23.7 Å². The first-order chi connectivity index (χ1) is 16.0. The molecule has 2 unspecified atom stereocenters. The molecule has 0 saturated heterocycles. The first kappa shape index (κ1) is 26.1. The number of anilines is 1. The Bertz CT molecular complexity index is 1220. The van der Waals surface area contributed by atoms with Crippen LogP contribution in [0.3, 0.4) is 0 Å². The molecule has 3 rings (SSSR count). The fourth-order valence-corrected chi connectivity index (χ4v) is 4.63. The summed E-state index contributed by atoms with van der Waals surface area (Å²) in [5.41, 5.74) is 2.52. The van der Waals surface area contributed by atoms with Crippen LogP contribution in [-0.2, 0) is 22.9 Å². The topological polar surface area (TPSA) is 119 Å². The Morgan fingerprint density at radius 2 is 1.56 bits per heavy atom. The third-order valence-electron chi connectivity index (χ3n) is 5.15. The highest BCUT2D eigenvalue weighted by molar-refractivity contribution is 7.92. The van der Waals surface area contributed by atoms with Crippen LogP contribution in [0.25, 0.3) is 0 Å². The number of sulfonamides is 1. The first-order valence-corrected chi connectivity index (χ1v) is 13.1. The molecule has 3 aromatic rings. The molecule has 0 aliphatic rings. The molecule has 7 nitrogen and oxygen atoms in total. The van der Waals surface area contributed by atoms with Crippen molar-refractivity contribution in [2.24, 2.45) is 0 Å². The molecule has 0 spiro atoms. The number of nitrogens with one attached hydrogen (secondary N) is 2. The Morgan fingerprint density at radius 1 is 0.912 bits per heavy atom. The minimum absolute atomic E-state index is 0.0514. The molecule has 0 aliphatic carbocycles. The quantitative estimate of drug-likeness (QED) is 0.253. The summed E-state index contributed by atoms with van der Waals surface area (Å²) in [7, 11) is -3.56. The first-order valence-electron chi connectivity index (χ1n) is 10.4. The van der Waals surface area contributed by atoms with E-state index >= 15 is 0 Å². The predicted molar refractivity (Wildman–Crippen MR) is 135 cm³/mol. The van der Waals surface area contributed by atoms with Gasteiger partial charge in [0.05, 0.1) is 28.1 Å². The molecule has 0 heterocycles. The monoisotopic (exact) mass is 524 g/mol. The number of aliphatic hydroxyl groups is 1. The van der Waals surface area contributed by atoms with Crippen LogP contribution >= 0.6 is 23.2 Å². The van der Waals surface area contributed by atoms with Crippen molar-refractivity contribution in [3.63, 3.8) is 0 Å². The van der Waals surface area contributed by atoms with E-state index in [1.807, 2.05) is 30.3 Å². The maximum atomic E-state index is 11.5. The average molecular weight is 525 g/mol. The molecule has 0 saturated carbocycles.